The number of nitrogens with two attached hydrogens (primary N) is 1. The summed E-state index contributed by atoms with van der Waals surface area (Å²) in [6, 6.07) is 5.26. The molecule has 0 aliphatic rings. The molecule has 0 bridgehead atoms. The molecule has 0 aromatic rings. The molecule has 64 heavy (non-hydrogen) atoms. The van der Waals surface area contributed by atoms with Crippen LogP contribution in [0.5, 0.6) is 0 Å². The Hall–Kier alpha value is -3.36. The molecule has 0 saturated heterocycles. The van der Waals surface area contributed by atoms with Crippen LogP contribution in [-0.2, 0) is 0 Å². The lowest BCUT2D eigenvalue weighted by Crippen LogP contribution is -2.29. The average Bonchev–Trinajstić information content (AvgIpc) is 3.25. The van der Waals surface area contributed by atoms with Gasteiger partial charge in [0.05, 0.1) is 6.54 Å². The van der Waals surface area contributed by atoms with Crippen LogP contribution in [0.25, 0.3) is 0 Å². The van der Waals surface area contributed by atoms with Crippen LogP contribution in [0.4, 0.5) is 0 Å². The lowest BCUT2D eigenvalue weighted by atomic mass is 10.5. The highest BCUT2D eigenvalue weighted by atomic mass is 28.3. The molecule has 0 spiro atoms. The van der Waals surface area contributed by atoms with Crippen molar-refractivity contribution in [2.24, 2.45) is 5.73 Å². The molecule has 360 valence electrons. The van der Waals surface area contributed by atoms with Gasteiger partial charge in [-0.05, 0) is 69.9 Å². The zero-order valence-electron chi connectivity index (χ0n) is 47.3. The maximum Gasteiger partial charge on any atom is 0.210 e. The first-order valence-electron chi connectivity index (χ1n) is 24.2. The van der Waals surface area contributed by atoms with Crippen LogP contribution in [-0.4, -0.2) is 46.9 Å². The minimum Gasteiger partial charge on any atom is -0.320 e. The normalized spacial score (nSPS) is 8.66. The molecular formula is C58H103NSi5. The lowest BCUT2D eigenvalue weighted by Gasteiger charge is -2.19. The Bertz CT molecular complexity index is 1650. The molecular weight excluding hydrogens is 851 g/mol. The Morgan fingerprint density at radius 3 is 0.875 bits per heavy atom. The predicted molar refractivity (Wildman–Crippen MR) is 315 cm³/mol. The number of rotatable bonds is 4. The highest BCUT2D eigenvalue weighted by Crippen LogP contribution is 2.18. The van der Waals surface area contributed by atoms with Gasteiger partial charge in [-0.3, -0.25) is 0 Å². The van der Waals surface area contributed by atoms with Crippen LogP contribution in [0.2, 0.25) is 89.6 Å². The summed E-state index contributed by atoms with van der Waals surface area (Å²) in [7, 11) is -5.92. The summed E-state index contributed by atoms with van der Waals surface area (Å²) in [6.07, 6.45) is 7.81. The molecule has 0 aromatic carbocycles. The second-order valence-electron chi connectivity index (χ2n) is 17.1. The quantitative estimate of drug-likeness (QED) is 0.221. The van der Waals surface area contributed by atoms with Crippen molar-refractivity contribution < 1.29 is 0 Å². The molecule has 0 aliphatic carbocycles. The standard InChI is InChI=1S/C10H20Si.C9H15NSi.C9H14Si.C8H16Si.C7H14Si.3C5H8/c1-5-9-10-11(6-2,7-3)8-4;1-4-5-8-11(2,3)9-6-7-10;1-5-6-7-8-9-10(2,3)4;1-5-7-8-9(3,4)6-2;1-5-6-7-8(2,3)4;3*1-3-5-4-2/h5-8H2,1-4H3;4,7,10H2,1-3H3;5H2,1-4H3;5-6H2,1-4H3;5H2,1-4H3;3*3H2,1-2H3. The van der Waals surface area contributed by atoms with Crippen molar-refractivity contribution in [2.75, 3.05) is 6.54 Å². The molecule has 0 aliphatic heterocycles. The molecule has 0 fully saturated rings. The second kappa shape index (κ2) is 57.7. The fourth-order valence-electron chi connectivity index (χ4n) is 3.55. The molecule has 0 aromatic heterocycles. The van der Waals surface area contributed by atoms with Crippen LogP contribution < -0.4 is 5.73 Å². The van der Waals surface area contributed by atoms with Gasteiger partial charge in [-0.15, -0.1) is 92.5 Å². The molecule has 6 heteroatoms. The summed E-state index contributed by atoms with van der Waals surface area (Å²) in [6.45, 7) is 54.0. The Morgan fingerprint density at radius 1 is 0.312 bits per heavy atom. The van der Waals surface area contributed by atoms with E-state index in [-0.39, 0.29) is 0 Å². The molecule has 0 unspecified atom stereocenters. The first-order valence-corrected chi connectivity index (χ1v) is 40.1. The summed E-state index contributed by atoms with van der Waals surface area (Å²) in [5.41, 5.74) is 24.9. The van der Waals surface area contributed by atoms with E-state index in [4.69, 9.17) is 5.73 Å². The van der Waals surface area contributed by atoms with E-state index in [1.54, 1.807) is 0 Å². The van der Waals surface area contributed by atoms with Crippen molar-refractivity contribution in [3.05, 3.63) is 0 Å². The van der Waals surface area contributed by atoms with E-state index < -0.39 is 40.4 Å². The Kier molecular flexibility index (Phi) is 70.1. The molecule has 2 N–H and O–H groups in total. The van der Waals surface area contributed by atoms with Gasteiger partial charge in [0.1, 0.15) is 32.3 Å². The average molecular weight is 955 g/mol. The van der Waals surface area contributed by atoms with Gasteiger partial charge >= 0.3 is 0 Å². The first kappa shape index (κ1) is 77.8. The monoisotopic (exact) mass is 954 g/mol. The van der Waals surface area contributed by atoms with Crippen LogP contribution in [0.1, 0.15) is 155 Å². The van der Waals surface area contributed by atoms with Crippen LogP contribution in [0, 0.1) is 116 Å². The van der Waals surface area contributed by atoms with Crippen LogP contribution in [0.15, 0.2) is 0 Å². The lowest BCUT2D eigenvalue weighted by molar-refractivity contribution is 1.20. The fraction of sp³-hybridized carbons (Fsp3) is 0.655. The van der Waals surface area contributed by atoms with Gasteiger partial charge in [0, 0.05) is 51.4 Å². The van der Waals surface area contributed by atoms with Crippen molar-refractivity contribution in [2.45, 2.75) is 245 Å². The molecule has 0 atom stereocenters. The summed E-state index contributed by atoms with van der Waals surface area (Å²) in [5, 5.41) is 0. The third-order valence-corrected chi connectivity index (χ3v) is 18.4. The summed E-state index contributed by atoms with van der Waals surface area (Å²) in [5.74, 6) is 41.0. The SMILES string of the molecule is CC#CCC.CC#CCC.CC#CCC.CCC#CC#C[Si](C)(C)C.CCC#C[Si](C)(C)C.CCC#C[Si](C)(C)C#CCN.CCC#C[Si](C)(C)CC.CCC#C[Si](CC)(CC)CC. The minimum atomic E-state index is -1.55. The molecule has 1 nitrogen and oxygen atoms in total. The zero-order chi connectivity index (χ0) is 51.8. The Balaban J connectivity index is -0.0000000950. The van der Waals surface area contributed by atoms with Crippen LogP contribution >= 0.6 is 0 Å². The number of hydrogen-bond donors (Lipinski definition) is 1. The van der Waals surface area contributed by atoms with E-state index in [1.807, 2.05) is 55.4 Å². The van der Waals surface area contributed by atoms with Gasteiger partial charge in [0.2, 0.25) is 8.07 Å². The molecule has 0 amide bonds. The van der Waals surface area contributed by atoms with Crippen molar-refractivity contribution in [1.82, 2.24) is 0 Å². The topological polar surface area (TPSA) is 26.0 Å². The van der Waals surface area contributed by atoms with E-state index in [0.717, 1.165) is 51.4 Å². The minimum absolute atomic E-state index is 0.449. The molecule has 0 radical (unpaired) electrons. The van der Waals surface area contributed by atoms with E-state index in [0.29, 0.717) is 6.54 Å². The maximum absolute atomic E-state index is 5.26. The third-order valence-electron chi connectivity index (χ3n) is 7.59. The van der Waals surface area contributed by atoms with Crippen molar-refractivity contribution >= 4 is 40.4 Å². The second-order valence-corrected chi connectivity index (χ2v) is 40.0. The van der Waals surface area contributed by atoms with Gasteiger partial charge in [0.15, 0.2) is 0 Å². The summed E-state index contributed by atoms with van der Waals surface area (Å²) < 4.78 is 0. The van der Waals surface area contributed by atoms with E-state index in [9.17, 15) is 0 Å². The van der Waals surface area contributed by atoms with Gasteiger partial charge in [0.25, 0.3) is 0 Å². The molecule has 0 saturated carbocycles. The fourth-order valence-corrected chi connectivity index (χ4v) is 9.34. The van der Waals surface area contributed by atoms with Crippen molar-refractivity contribution in [3.63, 3.8) is 0 Å². The highest BCUT2D eigenvalue weighted by Gasteiger charge is 2.23. The largest absolute Gasteiger partial charge is 0.320 e. The van der Waals surface area contributed by atoms with E-state index in [1.165, 1.54) is 24.2 Å². The summed E-state index contributed by atoms with van der Waals surface area (Å²) >= 11 is 0. The summed E-state index contributed by atoms with van der Waals surface area (Å²) in [4.78, 5) is 0. The zero-order valence-corrected chi connectivity index (χ0v) is 52.3. The number of hydrogen-bond acceptors (Lipinski definition) is 1. The van der Waals surface area contributed by atoms with Crippen molar-refractivity contribution in [1.29, 1.82) is 0 Å². The van der Waals surface area contributed by atoms with E-state index in [2.05, 4.69) is 230 Å². The maximum atomic E-state index is 5.26. The van der Waals surface area contributed by atoms with Gasteiger partial charge in [-0.2, -0.15) is 0 Å². The Morgan fingerprint density at radius 2 is 0.625 bits per heavy atom. The first-order chi connectivity index (χ1) is 29.8. The highest BCUT2D eigenvalue weighted by molar-refractivity contribution is 6.92. The third kappa shape index (κ3) is 89.6. The molecule has 0 heterocycles. The Labute approximate surface area is 411 Å². The van der Waals surface area contributed by atoms with Crippen molar-refractivity contribution in [3.8, 4) is 116 Å². The van der Waals surface area contributed by atoms with E-state index >= 15 is 0 Å². The smallest absolute Gasteiger partial charge is 0.210 e. The molecule has 0 rings (SSSR count). The van der Waals surface area contributed by atoms with Crippen LogP contribution in [0.3, 0.4) is 0 Å². The van der Waals surface area contributed by atoms with Gasteiger partial charge < -0.3 is 5.73 Å². The predicted octanol–water partition coefficient (Wildman–Crippen LogP) is 16.1. The van der Waals surface area contributed by atoms with Gasteiger partial charge in [-0.1, -0.05) is 147 Å². The van der Waals surface area contributed by atoms with Gasteiger partial charge in [-0.25, -0.2) is 0 Å².